The highest BCUT2D eigenvalue weighted by Crippen LogP contribution is 2.25. The molecule has 1 heterocycles. The van der Waals surface area contributed by atoms with E-state index in [1.54, 1.807) is 18.3 Å². The summed E-state index contributed by atoms with van der Waals surface area (Å²) in [5, 5.41) is 28.6. The fourth-order valence-electron chi connectivity index (χ4n) is 2.46. The molecule has 0 saturated carbocycles. The van der Waals surface area contributed by atoms with Crippen LogP contribution in [-0.4, -0.2) is 25.5 Å². The van der Waals surface area contributed by atoms with Crippen LogP contribution in [0, 0.1) is 26.0 Å². The number of anilines is 1. The van der Waals surface area contributed by atoms with E-state index in [1.807, 2.05) is 0 Å². The number of nitro groups is 2. The molecule has 148 valence electrons. The molecule has 2 aromatic carbocycles. The highest BCUT2D eigenvalue weighted by Gasteiger charge is 2.21. The number of rotatable bonds is 6. The van der Waals surface area contributed by atoms with Gasteiger partial charge in [-0.25, -0.2) is 4.39 Å². The summed E-state index contributed by atoms with van der Waals surface area (Å²) in [5.74, 6) is -1.05. The molecule has 0 aliphatic rings. The van der Waals surface area contributed by atoms with Crippen molar-refractivity contribution in [2.75, 3.05) is 5.32 Å². The maximum Gasteiger partial charge on any atom is 0.277 e. The molecule has 0 fully saturated rings. The van der Waals surface area contributed by atoms with Gasteiger partial charge in [0.1, 0.15) is 5.82 Å². The summed E-state index contributed by atoms with van der Waals surface area (Å²) in [5.41, 5.74) is -0.644. The van der Waals surface area contributed by atoms with Gasteiger partial charge in [-0.15, -0.1) is 0 Å². The summed E-state index contributed by atoms with van der Waals surface area (Å²) < 4.78 is 14.9. The van der Waals surface area contributed by atoms with Crippen LogP contribution in [-0.2, 0) is 6.54 Å². The molecule has 1 aromatic heterocycles. The first kappa shape index (κ1) is 20.1. The lowest BCUT2D eigenvalue weighted by molar-refractivity contribution is -0.394. The van der Waals surface area contributed by atoms with E-state index in [2.05, 4.69) is 26.3 Å². The zero-order valence-electron chi connectivity index (χ0n) is 14.4. The Morgan fingerprint density at radius 1 is 1.10 bits per heavy atom. The van der Waals surface area contributed by atoms with Crippen molar-refractivity contribution in [3.63, 3.8) is 0 Å². The average molecular weight is 464 g/mol. The highest BCUT2D eigenvalue weighted by atomic mass is 79.9. The van der Waals surface area contributed by atoms with Gasteiger partial charge in [0, 0.05) is 18.3 Å². The number of non-ortho nitro benzene ring substituents is 2. The predicted molar refractivity (Wildman–Crippen MR) is 103 cm³/mol. The third-order valence-corrected chi connectivity index (χ3v) is 4.37. The number of nitrogens with one attached hydrogen (secondary N) is 1. The zero-order valence-corrected chi connectivity index (χ0v) is 16.0. The van der Waals surface area contributed by atoms with E-state index in [0.717, 1.165) is 23.8 Å². The number of amides is 1. The quantitative estimate of drug-likeness (QED) is 0.435. The molecule has 10 nitrogen and oxygen atoms in total. The molecule has 0 bridgehead atoms. The maximum atomic E-state index is 13.0. The fraction of sp³-hybridized carbons (Fsp3) is 0.0588. The van der Waals surface area contributed by atoms with Crippen LogP contribution in [0.2, 0.25) is 0 Å². The second kappa shape index (κ2) is 8.14. The second-order valence-electron chi connectivity index (χ2n) is 5.86. The summed E-state index contributed by atoms with van der Waals surface area (Å²) in [6.07, 6.45) is 1.58. The molecule has 0 aliphatic heterocycles. The summed E-state index contributed by atoms with van der Waals surface area (Å²) in [6, 6.07) is 8.44. The zero-order chi connectivity index (χ0) is 21.1. The van der Waals surface area contributed by atoms with Crippen molar-refractivity contribution in [2.45, 2.75) is 6.54 Å². The molecule has 1 amide bonds. The normalized spacial score (nSPS) is 10.6. The largest absolute Gasteiger partial charge is 0.304 e. The Morgan fingerprint density at radius 2 is 1.69 bits per heavy atom. The first-order valence-electron chi connectivity index (χ1n) is 7.95. The van der Waals surface area contributed by atoms with Gasteiger partial charge < -0.3 is 5.32 Å². The summed E-state index contributed by atoms with van der Waals surface area (Å²) >= 11 is 3.24. The Bertz CT molecular complexity index is 1080. The van der Waals surface area contributed by atoms with Crippen LogP contribution in [0.25, 0.3) is 0 Å². The van der Waals surface area contributed by atoms with Gasteiger partial charge >= 0.3 is 0 Å². The van der Waals surface area contributed by atoms with Gasteiger partial charge in [0.2, 0.25) is 0 Å². The first-order valence-corrected chi connectivity index (χ1v) is 8.75. The molecule has 3 rings (SSSR count). The fourth-order valence-corrected chi connectivity index (χ4v) is 2.87. The van der Waals surface area contributed by atoms with E-state index in [0.29, 0.717) is 11.0 Å². The summed E-state index contributed by atoms with van der Waals surface area (Å²) in [4.78, 5) is 32.7. The van der Waals surface area contributed by atoms with Crippen molar-refractivity contribution in [1.29, 1.82) is 0 Å². The topological polar surface area (TPSA) is 133 Å². The van der Waals surface area contributed by atoms with Crippen LogP contribution in [0.15, 0.2) is 53.1 Å². The molecule has 1 N–H and O–H groups in total. The van der Waals surface area contributed by atoms with Crippen LogP contribution in [0.3, 0.4) is 0 Å². The van der Waals surface area contributed by atoms with E-state index in [9.17, 15) is 29.4 Å². The van der Waals surface area contributed by atoms with E-state index >= 15 is 0 Å². The molecule has 0 unspecified atom stereocenters. The van der Waals surface area contributed by atoms with Gasteiger partial charge in [0.15, 0.2) is 5.82 Å². The van der Waals surface area contributed by atoms with E-state index in [4.69, 9.17) is 0 Å². The molecular formula is C17H11BrFN5O5. The van der Waals surface area contributed by atoms with Crippen LogP contribution < -0.4 is 5.32 Å². The molecule has 0 atom stereocenters. The number of hydrogen-bond acceptors (Lipinski definition) is 6. The van der Waals surface area contributed by atoms with Crippen molar-refractivity contribution in [2.24, 2.45) is 0 Å². The van der Waals surface area contributed by atoms with Crippen molar-refractivity contribution in [3.8, 4) is 0 Å². The number of nitrogens with zero attached hydrogens (tertiary/aromatic N) is 4. The number of benzene rings is 2. The lowest BCUT2D eigenvalue weighted by Crippen LogP contribution is -2.14. The maximum absolute atomic E-state index is 13.0. The van der Waals surface area contributed by atoms with Crippen LogP contribution >= 0.6 is 15.9 Å². The first-order chi connectivity index (χ1) is 13.7. The van der Waals surface area contributed by atoms with Gasteiger partial charge in [0.25, 0.3) is 17.3 Å². The third-order valence-electron chi connectivity index (χ3n) is 3.79. The molecule has 12 heteroatoms. The van der Waals surface area contributed by atoms with Crippen molar-refractivity contribution in [1.82, 2.24) is 9.78 Å². The molecule has 0 spiro atoms. The van der Waals surface area contributed by atoms with Crippen molar-refractivity contribution < 1.29 is 19.0 Å². The highest BCUT2D eigenvalue weighted by molar-refractivity contribution is 9.10. The number of halogens is 2. The van der Waals surface area contributed by atoms with Crippen LogP contribution in [0.5, 0.6) is 0 Å². The van der Waals surface area contributed by atoms with Crippen molar-refractivity contribution in [3.05, 3.63) is 90.3 Å². The van der Waals surface area contributed by atoms with Crippen molar-refractivity contribution >= 4 is 39.0 Å². The molecule has 29 heavy (non-hydrogen) atoms. The SMILES string of the molecule is O=C(Nc1nn(Cc2ccc(F)cc2)cc1Br)c1cc([N+](=O)[O-])cc([N+](=O)[O-])c1. The Labute approximate surface area is 170 Å². The predicted octanol–water partition coefficient (Wildman–Crippen LogP) is 3.90. The summed E-state index contributed by atoms with van der Waals surface area (Å²) in [6.45, 7) is 0.303. The Kier molecular flexibility index (Phi) is 5.64. The van der Waals surface area contributed by atoms with Crippen LogP contribution in [0.1, 0.15) is 15.9 Å². The molecule has 0 aliphatic carbocycles. The minimum atomic E-state index is -0.822. The Balaban J connectivity index is 1.82. The van der Waals surface area contributed by atoms with Gasteiger partial charge in [0.05, 0.1) is 32.5 Å². The smallest absolute Gasteiger partial charge is 0.277 e. The monoisotopic (exact) mass is 463 g/mol. The van der Waals surface area contributed by atoms with Gasteiger partial charge in [-0.3, -0.25) is 29.7 Å². The number of hydrogen-bond donors (Lipinski definition) is 1. The standard InChI is InChI=1S/C17H11BrFN5O5/c18-15-9-22(8-10-1-3-12(19)4-2-10)21-16(15)20-17(25)11-5-13(23(26)27)7-14(6-11)24(28)29/h1-7,9H,8H2,(H,20,21,25). The molecular weight excluding hydrogens is 453 g/mol. The molecule has 3 aromatic rings. The lowest BCUT2D eigenvalue weighted by atomic mass is 10.1. The lowest BCUT2D eigenvalue weighted by Gasteiger charge is -2.04. The average Bonchev–Trinajstić information content (AvgIpc) is 3.02. The van der Waals surface area contributed by atoms with Gasteiger partial charge in [-0.1, -0.05) is 12.1 Å². The minimum absolute atomic E-state index is 0.117. The minimum Gasteiger partial charge on any atom is -0.304 e. The molecule has 0 radical (unpaired) electrons. The summed E-state index contributed by atoms with van der Waals surface area (Å²) in [7, 11) is 0. The van der Waals surface area contributed by atoms with E-state index < -0.39 is 27.1 Å². The van der Waals surface area contributed by atoms with Gasteiger partial charge in [-0.05, 0) is 33.6 Å². The Morgan fingerprint density at radius 3 is 2.24 bits per heavy atom. The van der Waals surface area contributed by atoms with Gasteiger partial charge in [-0.2, -0.15) is 5.10 Å². The number of carbonyl (C=O) groups excluding carboxylic acids is 1. The van der Waals surface area contributed by atoms with Crippen LogP contribution in [0.4, 0.5) is 21.6 Å². The number of aromatic nitrogens is 2. The number of carbonyl (C=O) groups is 1. The molecule has 0 saturated heterocycles. The second-order valence-corrected chi connectivity index (χ2v) is 6.71. The number of nitro benzene ring substituents is 2. The third kappa shape index (κ3) is 4.79. The van der Waals surface area contributed by atoms with E-state index in [-0.39, 0.29) is 17.2 Å². The Hall–Kier alpha value is -3.67. The van der Waals surface area contributed by atoms with E-state index in [1.165, 1.54) is 16.8 Å².